The second kappa shape index (κ2) is 10.6. The normalized spacial score (nSPS) is 21.4. The zero-order valence-corrected chi connectivity index (χ0v) is 20.0. The third-order valence-corrected chi connectivity index (χ3v) is 6.99. The van der Waals surface area contributed by atoms with E-state index in [1.54, 1.807) is 0 Å². The largest absolute Gasteiger partial charge is 0.489 e. The highest BCUT2D eigenvalue weighted by Gasteiger charge is 2.26. The maximum Gasteiger partial charge on any atom is 0.223 e. The van der Waals surface area contributed by atoms with Gasteiger partial charge in [-0.1, -0.05) is 19.1 Å². The van der Waals surface area contributed by atoms with Gasteiger partial charge in [-0.15, -0.1) is 0 Å². The molecule has 182 valence electrons. The first-order valence-corrected chi connectivity index (χ1v) is 12.6. The Bertz CT molecular complexity index is 957. The SMILES string of the molecule is C[C@H](CC(=O)N1CCOCC1)c1ccc(OC2CCN(c3ccnc(OCC4CC4)c3)C2)cc1. The maximum absolute atomic E-state index is 12.5. The van der Waals surface area contributed by atoms with E-state index in [4.69, 9.17) is 14.2 Å². The molecule has 5 rings (SSSR count). The third kappa shape index (κ3) is 6.00. The van der Waals surface area contributed by atoms with Crippen LogP contribution in [0, 0.1) is 5.92 Å². The molecule has 0 bridgehead atoms. The standard InChI is InChI=1S/C27H35N3O4/c1-20(16-27(31)29-12-14-32-15-13-29)22-4-6-24(7-5-22)34-25-9-11-30(18-25)23-8-10-28-26(17-23)33-19-21-2-3-21/h4-8,10,17,20-21,25H,2-3,9,11-16,18-19H2,1H3/t20-,25?/m1/s1. The summed E-state index contributed by atoms with van der Waals surface area (Å²) in [5.74, 6) is 2.69. The van der Waals surface area contributed by atoms with Crippen molar-refractivity contribution in [2.75, 3.05) is 50.9 Å². The first-order valence-electron chi connectivity index (χ1n) is 12.6. The minimum atomic E-state index is 0.148. The lowest BCUT2D eigenvalue weighted by Gasteiger charge is -2.28. The van der Waals surface area contributed by atoms with Crippen LogP contribution in [0.15, 0.2) is 42.6 Å². The van der Waals surface area contributed by atoms with Gasteiger partial charge in [-0.25, -0.2) is 4.98 Å². The van der Waals surface area contributed by atoms with E-state index in [0.29, 0.717) is 38.6 Å². The minimum Gasteiger partial charge on any atom is -0.489 e. The van der Waals surface area contributed by atoms with Crippen molar-refractivity contribution in [3.8, 4) is 11.6 Å². The molecule has 7 nitrogen and oxygen atoms in total. The van der Waals surface area contributed by atoms with Gasteiger partial charge in [0.2, 0.25) is 11.8 Å². The number of morpholine rings is 1. The fourth-order valence-electron chi connectivity index (χ4n) is 4.61. The molecule has 34 heavy (non-hydrogen) atoms. The van der Waals surface area contributed by atoms with Crippen LogP contribution in [0.2, 0.25) is 0 Å². The Morgan fingerprint density at radius 1 is 1.12 bits per heavy atom. The van der Waals surface area contributed by atoms with E-state index in [2.05, 4.69) is 28.9 Å². The van der Waals surface area contributed by atoms with E-state index in [9.17, 15) is 4.79 Å². The number of carbonyl (C=O) groups is 1. The highest BCUT2D eigenvalue weighted by atomic mass is 16.5. The summed E-state index contributed by atoms with van der Waals surface area (Å²) in [5.41, 5.74) is 2.30. The molecule has 2 aliphatic heterocycles. The van der Waals surface area contributed by atoms with Gasteiger partial charge in [0.25, 0.3) is 0 Å². The van der Waals surface area contributed by atoms with Crippen molar-refractivity contribution < 1.29 is 19.0 Å². The van der Waals surface area contributed by atoms with Crippen LogP contribution in [-0.2, 0) is 9.53 Å². The third-order valence-electron chi connectivity index (χ3n) is 6.99. The van der Waals surface area contributed by atoms with Crippen molar-refractivity contribution in [1.29, 1.82) is 0 Å². The van der Waals surface area contributed by atoms with Crippen molar-refractivity contribution in [1.82, 2.24) is 9.88 Å². The lowest BCUT2D eigenvalue weighted by atomic mass is 9.97. The van der Waals surface area contributed by atoms with Gasteiger partial charge in [-0.3, -0.25) is 4.79 Å². The summed E-state index contributed by atoms with van der Waals surface area (Å²) in [5, 5.41) is 0. The quantitative estimate of drug-likeness (QED) is 0.560. The number of ether oxygens (including phenoxy) is 3. The van der Waals surface area contributed by atoms with Gasteiger partial charge in [0.1, 0.15) is 11.9 Å². The Labute approximate surface area is 202 Å². The van der Waals surface area contributed by atoms with Crippen molar-refractivity contribution in [3.63, 3.8) is 0 Å². The molecule has 0 radical (unpaired) electrons. The summed E-state index contributed by atoms with van der Waals surface area (Å²) in [6, 6.07) is 12.3. The molecular formula is C27H35N3O4. The number of hydrogen-bond donors (Lipinski definition) is 0. The summed E-state index contributed by atoms with van der Waals surface area (Å²) in [6.45, 7) is 7.37. The molecule has 1 aliphatic carbocycles. The molecule has 1 aromatic heterocycles. The van der Waals surface area contributed by atoms with E-state index >= 15 is 0 Å². The lowest BCUT2D eigenvalue weighted by molar-refractivity contribution is -0.135. The van der Waals surface area contributed by atoms with Gasteiger partial charge in [0.05, 0.1) is 26.4 Å². The van der Waals surface area contributed by atoms with E-state index in [1.165, 1.54) is 12.8 Å². The molecular weight excluding hydrogens is 430 g/mol. The minimum absolute atomic E-state index is 0.148. The van der Waals surface area contributed by atoms with Crippen LogP contribution in [0.25, 0.3) is 0 Å². The van der Waals surface area contributed by atoms with Crippen LogP contribution in [0.5, 0.6) is 11.6 Å². The van der Waals surface area contributed by atoms with Gasteiger partial charge < -0.3 is 24.0 Å². The molecule has 3 heterocycles. The molecule has 7 heteroatoms. The molecule has 2 saturated heterocycles. The molecule has 0 N–H and O–H groups in total. The fourth-order valence-corrected chi connectivity index (χ4v) is 4.61. The fraction of sp³-hybridized carbons (Fsp3) is 0.556. The topological polar surface area (TPSA) is 64.1 Å². The van der Waals surface area contributed by atoms with Gasteiger partial charge in [-0.05, 0) is 48.4 Å². The lowest BCUT2D eigenvalue weighted by Crippen LogP contribution is -2.41. The predicted molar refractivity (Wildman–Crippen MR) is 131 cm³/mol. The number of anilines is 1. The van der Waals surface area contributed by atoms with E-state index in [0.717, 1.165) is 49.0 Å². The molecule has 3 fully saturated rings. The van der Waals surface area contributed by atoms with Crippen LogP contribution in [0.1, 0.15) is 44.1 Å². The van der Waals surface area contributed by atoms with Gasteiger partial charge in [-0.2, -0.15) is 0 Å². The van der Waals surface area contributed by atoms with E-state index < -0.39 is 0 Å². The van der Waals surface area contributed by atoms with Crippen LogP contribution in [-0.4, -0.2) is 67.9 Å². The maximum atomic E-state index is 12.5. The number of pyridine rings is 1. The summed E-state index contributed by atoms with van der Waals surface area (Å²) >= 11 is 0. The van der Waals surface area contributed by atoms with Crippen LogP contribution >= 0.6 is 0 Å². The summed E-state index contributed by atoms with van der Waals surface area (Å²) in [7, 11) is 0. The Morgan fingerprint density at radius 3 is 2.68 bits per heavy atom. The second-order valence-electron chi connectivity index (χ2n) is 9.75. The monoisotopic (exact) mass is 465 g/mol. The zero-order chi connectivity index (χ0) is 23.3. The number of hydrogen-bond acceptors (Lipinski definition) is 6. The molecule has 2 atom stereocenters. The molecule has 1 unspecified atom stereocenters. The van der Waals surface area contributed by atoms with E-state index in [1.807, 2.05) is 35.4 Å². The number of amides is 1. The molecule has 3 aliphatic rings. The summed E-state index contributed by atoms with van der Waals surface area (Å²) < 4.78 is 17.5. The first kappa shape index (κ1) is 23.0. The predicted octanol–water partition coefficient (Wildman–Crippen LogP) is 3.88. The number of benzene rings is 1. The average molecular weight is 466 g/mol. The van der Waals surface area contributed by atoms with Crippen LogP contribution < -0.4 is 14.4 Å². The Morgan fingerprint density at radius 2 is 1.91 bits per heavy atom. The van der Waals surface area contributed by atoms with Gasteiger partial charge in [0.15, 0.2) is 0 Å². The van der Waals surface area contributed by atoms with Crippen molar-refractivity contribution in [2.45, 2.75) is 44.6 Å². The molecule has 1 saturated carbocycles. The first-order chi connectivity index (χ1) is 16.6. The molecule has 1 amide bonds. The zero-order valence-electron chi connectivity index (χ0n) is 20.0. The van der Waals surface area contributed by atoms with Gasteiger partial charge in [0, 0.05) is 50.4 Å². The summed E-state index contributed by atoms with van der Waals surface area (Å²) in [6.07, 6.45) is 6.03. The highest BCUT2D eigenvalue weighted by molar-refractivity contribution is 5.77. The van der Waals surface area contributed by atoms with Crippen LogP contribution in [0.4, 0.5) is 5.69 Å². The second-order valence-corrected chi connectivity index (χ2v) is 9.75. The Hall–Kier alpha value is -2.80. The molecule has 2 aromatic rings. The van der Waals surface area contributed by atoms with Crippen molar-refractivity contribution >= 4 is 11.6 Å². The van der Waals surface area contributed by atoms with Gasteiger partial charge >= 0.3 is 0 Å². The van der Waals surface area contributed by atoms with Crippen LogP contribution in [0.3, 0.4) is 0 Å². The Balaban J connectivity index is 1.10. The number of nitrogens with zero attached hydrogens (tertiary/aromatic N) is 3. The van der Waals surface area contributed by atoms with Crippen molar-refractivity contribution in [2.24, 2.45) is 5.92 Å². The van der Waals surface area contributed by atoms with E-state index in [-0.39, 0.29) is 17.9 Å². The molecule has 1 aromatic carbocycles. The highest BCUT2D eigenvalue weighted by Crippen LogP contribution is 2.31. The molecule has 0 spiro atoms. The summed E-state index contributed by atoms with van der Waals surface area (Å²) in [4.78, 5) is 21.1. The Kier molecular flexibility index (Phi) is 7.19. The number of rotatable bonds is 9. The number of aromatic nitrogens is 1. The smallest absolute Gasteiger partial charge is 0.223 e. The van der Waals surface area contributed by atoms with Crippen molar-refractivity contribution in [3.05, 3.63) is 48.2 Å². The average Bonchev–Trinajstić information content (AvgIpc) is 3.60. The number of carbonyl (C=O) groups excluding carboxylic acids is 1.